The van der Waals surface area contributed by atoms with Crippen molar-refractivity contribution in [1.82, 2.24) is 41.7 Å². The fraction of sp³-hybridized carbons (Fsp3) is 0.684. The van der Waals surface area contributed by atoms with Crippen LogP contribution in [-0.4, -0.2) is 148 Å². The Labute approximate surface area is 443 Å². The van der Waals surface area contributed by atoms with Crippen molar-refractivity contribution >= 4 is 35.4 Å². The molecule has 8 rings (SSSR count). The highest BCUT2D eigenvalue weighted by Gasteiger charge is 2.44. The van der Waals surface area contributed by atoms with Crippen LogP contribution in [0.4, 0.5) is 0 Å². The lowest BCUT2D eigenvalue weighted by atomic mass is 9.86. The second-order valence-electron chi connectivity index (χ2n) is 21.6. The quantitative estimate of drug-likeness (QED) is 0.0910. The van der Waals surface area contributed by atoms with Crippen LogP contribution in [0.3, 0.4) is 0 Å². The molecule has 18 nitrogen and oxygen atoms in total. The SMILES string of the molecule is CN[C@@H](C)C(=O)N[C@H](C(=O)N1CCC[C@H]1C(=O)N[C@@H]1CCCc2c(OCCCCCOc3cccc4c3CCC[C@H]4NC(=O)[C@@H]3CCCN3C(=O)[C@@H](NC(=O)[C@H](C)NC)C3CCOCC3)cccc21)C1CCOCC1. The smallest absolute Gasteiger partial charge is 0.246 e. The highest BCUT2D eigenvalue weighted by molar-refractivity contribution is 5.95. The largest absolute Gasteiger partial charge is 0.493 e. The monoisotopic (exact) mass is 1040 g/mol. The highest BCUT2D eigenvalue weighted by Crippen LogP contribution is 2.38. The van der Waals surface area contributed by atoms with Crippen LogP contribution in [0.25, 0.3) is 0 Å². The Morgan fingerprint density at radius 1 is 0.560 bits per heavy atom. The third kappa shape index (κ3) is 13.8. The van der Waals surface area contributed by atoms with Crippen LogP contribution in [0.5, 0.6) is 11.5 Å². The molecule has 4 saturated heterocycles. The van der Waals surface area contributed by atoms with Crippen molar-refractivity contribution in [3.8, 4) is 11.5 Å². The molecule has 75 heavy (non-hydrogen) atoms. The van der Waals surface area contributed by atoms with Crippen LogP contribution in [0.2, 0.25) is 0 Å². The lowest BCUT2D eigenvalue weighted by molar-refractivity contribution is -0.144. The number of hydrogen-bond donors (Lipinski definition) is 6. The molecule has 6 N–H and O–H groups in total. The molecule has 18 heteroatoms. The Kier molecular flexibility index (Phi) is 20.2. The summed E-state index contributed by atoms with van der Waals surface area (Å²) < 4.78 is 24.0. The number of ether oxygens (including phenoxy) is 4. The summed E-state index contributed by atoms with van der Waals surface area (Å²) in [6.07, 6.45) is 13.0. The van der Waals surface area contributed by atoms with E-state index in [-0.39, 0.29) is 59.4 Å². The van der Waals surface area contributed by atoms with Crippen LogP contribution < -0.4 is 41.4 Å². The molecular formula is C57H84N8O10. The molecule has 0 aromatic heterocycles. The number of amides is 6. The number of nitrogens with zero attached hydrogens (tertiary/aromatic N) is 2. The summed E-state index contributed by atoms with van der Waals surface area (Å²) in [4.78, 5) is 86.1. The Bertz CT molecular complexity index is 2130. The van der Waals surface area contributed by atoms with Crippen molar-refractivity contribution in [2.45, 2.75) is 171 Å². The number of unbranched alkanes of at least 4 members (excludes halogenated alkanes) is 2. The first-order valence-corrected chi connectivity index (χ1v) is 28.3. The summed E-state index contributed by atoms with van der Waals surface area (Å²) in [7, 11) is 3.43. The van der Waals surface area contributed by atoms with E-state index in [1.54, 1.807) is 37.7 Å². The molecule has 0 spiro atoms. The lowest BCUT2D eigenvalue weighted by Gasteiger charge is -2.35. The van der Waals surface area contributed by atoms with Gasteiger partial charge in [-0.15, -0.1) is 0 Å². The predicted octanol–water partition coefficient (Wildman–Crippen LogP) is 4.32. The number of likely N-dealkylation sites (tertiary alicyclic amines) is 2. The van der Waals surface area contributed by atoms with E-state index in [0.29, 0.717) is 91.3 Å². The van der Waals surface area contributed by atoms with E-state index in [1.807, 2.05) is 24.3 Å². The average Bonchev–Trinajstić information content (AvgIpc) is 4.15. The number of fused-ring (bicyclic) bond motifs is 2. The molecule has 8 atom stereocenters. The molecule has 0 radical (unpaired) electrons. The third-order valence-electron chi connectivity index (χ3n) is 16.8. The lowest BCUT2D eigenvalue weighted by Crippen LogP contribution is -2.58. The van der Waals surface area contributed by atoms with Crippen LogP contribution in [-0.2, 0) is 51.1 Å². The Hall–Kier alpha value is -5.30. The molecule has 2 aromatic carbocycles. The number of hydrogen-bond acceptors (Lipinski definition) is 12. The molecule has 2 aromatic rings. The van der Waals surface area contributed by atoms with E-state index in [0.717, 1.165) is 104 Å². The van der Waals surface area contributed by atoms with Gasteiger partial charge >= 0.3 is 0 Å². The molecule has 6 amide bonds. The number of rotatable bonds is 22. The third-order valence-corrected chi connectivity index (χ3v) is 16.8. The minimum Gasteiger partial charge on any atom is -0.493 e. The summed E-state index contributed by atoms with van der Waals surface area (Å²) in [6.45, 7) is 7.74. The fourth-order valence-electron chi connectivity index (χ4n) is 12.1. The van der Waals surface area contributed by atoms with Crippen LogP contribution in [0.1, 0.15) is 144 Å². The van der Waals surface area contributed by atoms with Crippen molar-refractivity contribution in [3.63, 3.8) is 0 Å². The molecular weight excluding hydrogens is 957 g/mol. The zero-order valence-electron chi connectivity index (χ0n) is 44.9. The van der Waals surface area contributed by atoms with Gasteiger partial charge in [0.2, 0.25) is 35.4 Å². The number of carbonyl (C=O) groups excluding carboxylic acids is 6. The summed E-state index contributed by atoms with van der Waals surface area (Å²) >= 11 is 0. The van der Waals surface area contributed by atoms with E-state index < -0.39 is 36.3 Å². The van der Waals surface area contributed by atoms with Gasteiger partial charge in [0.05, 0.1) is 37.4 Å². The van der Waals surface area contributed by atoms with E-state index in [1.165, 1.54) is 0 Å². The number of likely N-dealkylation sites (N-methyl/N-ethyl adjacent to an activating group) is 2. The molecule has 0 saturated carbocycles. The van der Waals surface area contributed by atoms with Crippen LogP contribution >= 0.6 is 0 Å². The average molecular weight is 1040 g/mol. The number of carbonyl (C=O) groups is 6. The van der Waals surface area contributed by atoms with Crippen molar-refractivity contribution in [1.29, 1.82) is 0 Å². The van der Waals surface area contributed by atoms with E-state index in [9.17, 15) is 28.8 Å². The van der Waals surface area contributed by atoms with Gasteiger partial charge in [0.1, 0.15) is 35.7 Å². The normalized spacial score (nSPS) is 23.7. The Balaban J connectivity index is 0.801. The topological polar surface area (TPSA) is 218 Å². The second-order valence-corrected chi connectivity index (χ2v) is 21.6. The maximum atomic E-state index is 14.2. The number of benzene rings is 2. The van der Waals surface area contributed by atoms with Crippen LogP contribution in [0, 0.1) is 11.8 Å². The summed E-state index contributed by atoms with van der Waals surface area (Å²) in [6, 6.07) is 8.22. The molecule has 4 aliphatic heterocycles. The van der Waals surface area contributed by atoms with Gasteiger partial charge in [-0.3, -0.25) is 28.8 Å². The van der Waals surface area contributed by atoms with Gasteiger partial charge in [-0.05, 0) is 183 Å². The van der Waals surface area contributed by atoms with E-state index in [2.05, 4.69) is 44.0 Å². The van der Waals surface area contributed by atoms with Gasteiger partial charge in [-0.1, -0.05) is 24.3 Å². The maximum Gasteiger partial charge on any atom is 0.246 e. The summed E-state index contributed by atoms with van der Waals surface area (Å²) in [5, 5.41) is 18.6. The zero-order valence-corrected chi connectivity index (χ0v) is 44.9. The van der Waals surface area contributed by atoms with Gasteiger partial charge in [0.25, 0.3) is 0 Å². The molecule has 6 aliphatic rings. The van der Waals surface area contributed by atoms with Crippen molar-refractivity contribution in [2.24, 2.45) is 11.8 Å². The maximum absolute atomic E-state index is 14.2. The molecule has 0 bridgehead atoms. The van der Waals surface area contributed by atoms with Gasteiger partial charge in [0.15, 0.2) is 0 Å². The fourth-order valence-corrected chi connectivity index (χ4v) is 12.1. The van der Waals surface area contributed by atoms with Gasteiger partial charge in [0, 0.05) is 39.5 Å². The Morgan fingerprint density at radius 3 is 1.37 bits per heavy atom. The van der Waals surface area contributed by atoms with Gasteiger partial charge in [-0.2, -0.15) is 0 Å². The van der Waals surface area contributed by atoms with Gasteiger partial charge < -0.3 is 60.6 Å². The standard InChI is InChI=1S/C57H84N8O10/c1-36(58-3)52(66)62-50(38-24-32-72-33-25-38)56(70)64-28-12-20-46(64)54(68)60-44-18-8-16-42-40(44)14-10-22-48(42)74-30-6-5-7-31-75-49-23-11-15-41-43(49)17-9-19-45(41)61-55(69)47-21-13-29-65(47)57(71)51(39-26-34-73-35-27-39)63-53(67)37(2)59-4/h10-11,14-15,22-23,36-39,44-47,50-51,58-59H,5-9,12-13,16-21,24-35H2,1-4H3,(H,60,68)(H,61,69)(H,62,66)(H,63,67)/t36-,37-,44+,45+,46-,47-,50-,51-/m0/s1. The van der Waals surface area contributed by atoms with Crippen molar-refractivity contribution in [3.05, 3.63) is 58.7 Å². The predicted molar refractivity (Wildman–Crippen MR) is 283 cm³/mol. The summed E-state index contributed by atoms with van der Waals surface area (Å²) in [5.74, 6) is 0.398. The van der Waals surface area contributed by atoms with E-state index >= 15 is 0 Å². The van der Waals surface area contributed by atoms with Gasteiger partial charge in [-0.25, -0.2) is 0 Å². The summed E-state index contributed by atoms with van der Waals surface area (Å²) in [5.41, 5.74) is 4.36. The first-order chi connectivity index (χ1) is 36.5. The number of nitrogens with one attached hydrogen (secondary N) is 6. The zero-order chi connectivity index (χ0) is 52.8. The van der Waals surface area contributed by atoms with E-state index in [4.69, 9.17) is 18.9 Å². The van der Waals surface area contributed by atoms with Crippen LogP contribution in [0.15, 0.2) is 36.4 Å². The molecule has 0 unspecified atom stereocenters. The molecule has 4 fully saturated rings. The molecule has 412 valence electrons. The second kappa shape index (κ2) is 27.1. The first-order valence-electron chi connectivity index (χ1n) is 28.3. The molecule has 2 aliphatic carbocycles. The van der Waals surface area contributed by atoms with Crippen molar-refractivity contribution in [2.75, 3.05) is 66.8 Å². The first kappa shape index (κ1) is 55.9. The minimum atomic E-state index is -0.715. The minimum absolute atomic E-state index is 0.0615. The Morgan fingerprint density at radius 2 is 0.973 bits per heavy atom. The highest BCUT2D eigenvalue weighted by atomic mass is 16.5. The molecule has 4 heterocycles. The van der Waals surface area contributed by atoms with Crippen molar-refractivity contribution < 1.29 is 47.7 Å².